The van der Waals surface area contributed by atoms with Gasteiger partial charge in [-0.05, 0) is 122 Å². The molecule has 0 bridgehead atoms. The van der Waals surface area contributed by atoms with Gasteiger partial charge in [-0.25, -0.2) is 4.79 Å². The third-order valence-electron chi connectivity index (χ3n) is 12.2. The lowest BCUT2D eigenvalue weighted by Crippen LogP contribution is -2.41. The van der Waals surface area contributed by atoms with Crippen LogP contribution in [0.1, 0.15) is 61.1 Å². The van der Waals surface area contributed by atoms with Gasteiger partial charge in [-0.3, -0.25) is 14.9 Å². The van der Waals surface area contributed by atoms with Crippen molar-refractivity contribution in [3.8, 4) is 22.3 Å². The Morgan fingerprint density at radius 1 is 0.656 bits per heavy atom. The van der Waals surface area contributed by atoms with Crippen LogP contribution in [0.5, 0.6) is 0 Å². The number of carbonyl (C=O) groups is 1. The molecule has 0 spiro atoms. The van der Waals surface area contributed by atoms with E-state index in [2.05, 4.69) is 15.3 Å². The number of fused-ring (bicyclic) bond motifs is 2. The Labute approximate surface area is 367 Å². The number of nitrogens with zero attached hydrogens (tertiary/aromatic N) is 3. The van der Waals surface area contributed by atoms with Gasteiger partial charge in [0.25, 0.3) is 0 Å². The lowest BCUT2D eigenvalue weighted by Gasteiger charge is -2.32. The van der Waals surface area contributed by atoms with E-state index in [9.17, 15) is 31.1 Å². The number of urea groups is 1. The second-order valence-electron chi connectivity index (χ2n) is 17.2. The molecule has 2 amide bonds. The number of halogens is 6. The fourth-order valence-electron chi connectivity index (χ4n) is 8.31. The van der Waals surface area contributed by atoms with Crippen molar-refractivity contribution in [1.82, 2.24) is 15.3 Å². The molecule has 2 saturated heterocycles. The summed E-state index contributed by atoms with van der Waals surface area (Å²) in [7, 11) is -0.547. The largest absolute Gasteiger partial charge is 0.494 e. The number of carbonyl (C=O) groups excluding carboxylic acids is 1. The van der Waals surface area contributed by atoms with Gasteiger partial charge in [0.15, 0.2) is 0 Å². The molecule has 2 aliphatic rings. The van der Waals surface area contributed by atoms with Crippen LogP contribution in [0.3, 0.4) is 0 Å². The topological polar surface area (TPSA) is 76.6 Å². The summed E-state index contributed by atoms with van der Waals surface area (Å²) >= 11 is 0. The van der Waals surface area contributed by atoms with Gasteiger partial charge in [-0.2, -0.15) is 26.3 Å². The third kappa shape index (κ3) is 8.68. The Hall–Kier alpha value is -6.25. The monoisotopic (exact) mass is 874 g/mol. The maximum atomic E-state index is 13.6. The van der Waals surface area contributed by atoms with Crippen molar-refractivity contribution < 1.29 is 40.4 Å². The molecule has 14 heteroatoms. The Kier molecular flexibility index (Phi) is 11.6. The summed E-state index contributed by atoms with van der Waals surface area (Å²) in [4.78, 5) is 21.9. The summed E-state index contributed by atoms with van der Waals surface area (Å²) in [6.07, 6.45) is -5.31. The Morgan fingerprint density at radius 3 is 1.66 bits per heavy atom. The third-order valence-corrected chi connectivity index (χ3v) is 12.2. The second-order valence-corrected chi connectivity index (χ2v) is 17.2. The molecule has 1 N–H and O–H groups in total. The molecular formula is C50H45BF6N4O3. The van der Waals surface area contributed by atoms with Gasteiger partial charge in [-0.15, -0.1) is 0 Å². The van der Waals surface area contributed by atoms with E-state index < -0.39 is 41.8 Å². The molecule has 328 valence electrons. The molecule has 7 aromatic rings. The Balaban J connectivity index is 0.000000176. The smallest absolute Gasteiger partial charge is 0.399 e. The first kappa shape index (κ1) is 44.4. The molecule has 0 atom stereocenters. The summed E-state index contributed by atoms with van der Waals surface area (Å²) in [5, 5.41) is 3.76. The first-order chi connectivity index (χ1) is 30.2. The van der Waals surface area contributed by atoms with Gasteiger partial charge in [0.05, 0.1) is 33.4 Å². The summed E-state index contributed by atoms with van der Waals surface area (Å²) in [6, 6.07) is 31.5. The number of aromatic nitrogens is 2. The van der Waals surface area contributed by atoms with Crippen molar-refractivity contribution in [3.05, 3.63) is 155 Å². The standard InChI is InChI=1S/C27H22F3N3O.C23H23BF3NO2/c1-17-16-32-25-22(9-4-10-23(25)27(28,29)30)24(17)20-7-2-5-18(14-20)13-19-6-3-8-21(15-19)33-12-11-31-26(33)34;1-14-13-28-20-17(10-7-11-18(20)23(25,26)27)19(14)15-8-6-9-16(12-15)24-29-21(2,3)22(4,5)30-24/h2-10,14-16H,11-13H2,1H3,(H,31,34);6-13H,1-5H3. The van der Waals surface area contributed by atoms with Crippen molar-refractivity contribution >= 4 is 46.1 Å². The van der Waals surface area contributed by atoms with E-state index in [0.717, 1.165) is 67.8 Å². The number of para-hydroxylation sites is 2. The van der Waals surface area contributed by atoms with Crippen LogP contribution >= 0.6 is 0 Å². The summed E-state index contributed by atoms with van der Waals surface area (Å²) in [6.45, 7) is 12.9. The van der Waals surface area contributed by atoms with Crippen molar-refractivity contribution in [3.63, 3.8) is 0 Å². The van der Waals surface area contributed by atoms with Crippen molar-refractivity contribution in [2.45, 2.75) is 71.5 Å². The number of hydrogen-bond acceptors (Lipinski definition) is 5. The van der Waals surface area contributed by atoms with Crippen LogP contribution in [-0.4, -0.2) is 47.4 Å². The maximum absolute atomic E-state index is 13.6. The summed E-state index contributed by atoms with van der Waals surface area (Å²) < 4.78 is 93.4. The van der Waals surface area contributed by atoms with Gasteiger partial charge in [-0.1, -0.05) is 84.9 Å². The molecule has 0 unspecified atom stereocenters. The van der Waals surface area contributed by atoms with E-state index in [4.69, 9.17) is 9.31 Å². The summed E-state index contributed by atoms with van der Waals surface area (Å²) in [5.74, 6) is 0. The highest BCUT2D eigenvalue weighted by Gasteiger charge is 2.51. The lowest BCUT2D eigenvalue weighted by molar-refractivity contribution is -0.137. The average Bonchev–Trinajstić information content (AvgIpc) is 3.77. The normalized spacial score (nSPS) is 16.0. The number of benzene rings is 5. The van der Waals surface area contributed by atoms with E-state index in [1.807, 2.05) is 114 Å². The molecule has 5 aromatic carbocycles. The summed E-state index contributed by atoms with van der Waals surface area (Å²) in [5.41, 5.74) is 5.96. The van der Waals surface area contributed by atoms with Crippen LogP contribution in [0.4, 0.5) is 36.8 Å². The highest BCUT2D eigenvalue weighted by atomic mass is 19.4. The molecule has 2 aliphatic heterocycles. The number of pyridine rings is 2. The molecule has 64 heavy (non-hydrogen) atoms. The van der Waals surface area contributed by atoms with Gasteiger partial charge in [0.1, 0.15) is 0 Å². The molecule has 2 aromatic heterocycles. The number of alkyl halides is 6. The minimum Gasteiger partial charge on any atom is -0.399 e. The average molecular weight is 875 g/mol. The number of amides is 2. The minimum atomic E-state index is -4.47. The lowest BCUT2D eigenvalue weighted by atomic mass is 9.77. The predicted octanol–water partition coefficient (Wildman–Crippen LogP) is 11.9. The molecule has 0 aliphatic carbocycles. The highest BCUT2D eigenvalue weighted by molar-refractivity contribution is 6.62. The minimum absolute atomic E-state index is 0.0439. The van der Waals surface area contributed by atoms with Crippen LogP contribution in [-0.2, 0) is 28.1 Å². The predicted molar refractivity (Wildman–Crippen MR) is 240 cm³/mol. The van der Waals surface area contributed by atoms with Crippen LogP contribution in [0.25, 0.3) is 44.1 Å². The molecule has 7 nitrogen and oxygen atoms in total. The number of nitrogens with one attached hydrogen (secondary N) is 1. The first-order valence-corrected chi connectivity index (χ1v) is 20.8. The van der Waals surface area contributed by atoms with Crippen LogP contribution in [0.2, 0.25) is 0 Å². The zero-order valence-electron chi connectivity index (χ0n) is 36.1. The van der Waals surface area contributed by atoms with Crippen LogP contribution in [0, 0.1) is 13.8 Å². The molecule has 2 fully saturated rings. The molecule has 0 radical (unpaired) electrons. The fraction of sp³-hybridized carbons (Fsp3) is 0.260. The molecular weight excluding hydrogens is 829 g/mol. The van der Waals surface area contributed by atoms with E-state index in [0.29, 0.717) is 30.3 Å². The van der Waals surface area contributed by atoms with Gasteiger partial charge < -0.3 is 14.6 Å². The van der Waals surface area contributed by atoms with Gasteiger partial charge in [0, 0.05) is 41.9 Å². The first-order valence-electron chi connectivity index (χ1n) is 20.8. The zero-order valence-corrected chi connectivity index (χ0v) is 36.1. The Bertz CT molecular complexity index is 2900. The van der Waals surface area contributed by atoms with Gasteiger partial charge in [0.2, 0.25) is 0 Å². The van der Waals surface area contributed by atoms with E-state index in [-0.39, 0.29) is 17.1 Å². The molecule has 0 saturated carbocycles. The number of aryl methyl sites for hydroxylation is 2. The number of hydrogen-bond donors (Lipinski definition) is 1. The zero-order chi connectivity index (χ0) is 45.8. The van der Waals surface area contributed by atoms with E-state index in [1.54, 1.807) is 17.0 Å². The fourth-order valence-corrected chi connectivity index (χ4v) is 8.31. The van der Waals surface area contributed by atoms with Crippen molar-refractivity contribution in [2.75, 3.05) is 18.0 Å². The van der Waals surface area contributed by atoms with E-state index >= 15 is 0 Å². The molecule has 9 rings (SSSR count). The SMILES string of the molecule is Cc1cnc2c(C(F)(F)F)cccc2c1-c1cccc(B2OC(C)(C)C(C)(C)O2)c1.Cc1cnc2c(C(F)(F)F)cccc2c1-c1cccc(Cc2cccc(N3CCNC3=O)c2)c1. The number of rotatable bonds is 6. The number of anilines is 1. The van der Waals surface area contributed by atoms with Crippen LogP contribution < -0.4 is 15.7 Å². The quantitative estimate of drug-likeness (QED) is 0.133. The van der Waals surface area contributed by atoms with Gasteiger partial charge >= 0.3 is 25.5 Å². The van der Waals surface area contributed by atoms with Crippen molar-refractivity contribution in [1.29, 1.82) is 0 Å². The van der Waals surface area contributed by atoms with E-state index in [1.165, 1.54) is 24.5 Å². The van der Waals surface area contributed by atoms with Crippen molar-refractivity contribution in [2.24, 2.45) is 0 Å². The molecule has 4 heterocycles. The second kappa shape index (κ2) is 16.7. The maximum Gasteiger partial charge on any atom is 0.494 e. The highest BCUT2D eigenvalue weighted by Crippen LogP contribution is 2.41. The van der Waals surface area contributed by atoms with Crippen LogP contribution in [0.15, 0.2) is 122 Å². The Morgan fingerprint density at radius 2 is 1.14 bits per heavy atom.